The predicted octanol–water partition coefficient (Wildman–Crippen LogP) is 5.19. The van der Waals surface area contributed by atoms with E-state index < -0.39 is 0 Å². The highest BCUT2D eigenvalue weighted by Gasteiger charge is 2.10. The number of benzene rings is 3. The van der Waals surface area contributed by atoms with E-state index in [1.807, 2.05) is 37.3 Å². The number of carbonyl (C=O) groups is 1. The SMILES string of the molecule is Cc1ccc2nc(-c3ccc(NC(=O)c4ccc(F)cc4)cc3)oc2c1. The third-order valence-corrected chi connectivity index (χ3v) is 4.04. The van der Waals surface area contributed by atoms with Crippen LogP contribution in [0.15, 0.2) is 71.1 Å². The number of hydrogen-bond acceptors (Lipinski definition) is 3. The minimum Gasteiger partial charge on any atom is -0.436 e. The number of anilines is 1. The first kappa shape index (κ1) is 16.0. The molecule has 3 aromatic carbocycles. The second-order valence-corrected chi connectivity index (χ2v) is 6.03. The van der Waals surface area contributed by atoms with Gasteiger partial charge in [0.25, 0.3) is 5.91 Å². The summed E-state index contributed by atoms with van der Waals surface area (Å²) >= 11 is 0. The Bertz CT molecular complexity index is 1080. The van der Waals surface area contributed by atoms with Gasteiger partial charge in [-0.1, -0.05) is 6.07 Å². The predicted molar refractivity (Wildman–Crippen MR) is 98.5 cm³/mol. The average molecular weight is 346 g/mol. The molecule has 1 aromatic heterocycles. The summed E-state index contributed by atoms with van der Waals surface area (Å²) in [6, 6.07) is 18.5. The first-order chi connectivity index (χ1) is 12.6. The summed E-state index contributed by atoms with van der Waals surface area (Å²) in [6.45, 7) is 2.00. The van der Waals surface area contributed by atoms with E-state index in [-0.39, 0.29) is 11.7 Å². The van der Waals surface area contributed by atoms with Crippen LogP contribution in [-0.4, -0.2) is 10.9 Å². The number of nitrogens with zero attached hydrogens (tertiary/aromatic N) is 1. The number of amides is 1. The van der Waals surface area contributed by atoms with Crippen LogP contribution in [0, 0.1) is 12.7 Å². The lowest BCUT2D eigenvalue weighted by atomic mass is 10.2. The first-order valence-electron chi connectivity index (χ1n) is 8.13. The van der Waals surface area contributed by atoms with E-state index in [0.29, 0.717) is 17.1 Å². The molecule has 0 radical (unpaired) electrons. The summed E-state index contributed by atoms with van der Waals surface area (Å²) in [5.41, 5.74) is 4.51. The van der Waals surface area contributed by atoms with Gasteiger partial charge in [0.15, 0.2) is 5.58 Å². The number of aromatic nitrogens is 1. The van der Waals surface area contributed by atoms with Crippen LogP contribution in [0.4, 0.5) is 10.1 Å². The molecule has 5 heteroatoms. The van der Waals surface area contributed by atoms with Crippen molar-refractivity contribution >= 4 is 22.7 Å². The molecule has 4 aromatic rings. The maximum Gasteiger partial charge on any atom is 0.255 e. The molecule has 1 amide bonds. The van der Waals surface area contributed by atoms with Gasteiger partial charge >= 0.3 is 0 Å². The van der Waals surface area contributed by atoms with E-state index in [4.69, 9.17) is 4.42 Å². The third-order valence-electron chi connectivity index (χ3n) is 4.04. The van der Waals surface area contributed by atoms with Crippen LogP contribution in [-0.2, 0) is 0 Å². The number of nitrogens with one attached hydrogen (secondary N) is 1. The number of aryl methyl sites for hydroxylation is 1. The van der Waals surface area contributed by atoms with Gasteiger partial charge in [0.2, 0.25) is 5.89 Å². The highest BCUT2D eigenvalue weighted by Crippen LogP contribution is 2.26. The highest BCUT2D eigenvalue weighted by molar-refractivity contribution is 6.04. The van der Waals surface area contributed by atoms with Crippen molar-refractivity contribution < 1.29 is 13.6 Å². The lowest BCUT2D eigenvalue weighted by Gasteiger charge is -2.05. The highest BCUT2D eigenvalue weighted by atomic mass is 19.1. The van der Waals surface area contributed by atoms with E-state index in [2.05, 4.69) is 10.3 Å². The van der Waals surface area contributed by atoms with Gasteiger partial charge in [-0.05, 0) is 73.2 Å². The minimum atomic E-state index is -0.376. The van der Waals surface area contributed by atoms with Crippen molar-refractivity contribution in [3.05, 3.63) is 83.7 Å². The topological polar surface area (TPSA) is 55.1 Å². The second kappa shape index (κ2) is 6.44. The summed E-state index contributed by atoms with van der Waals surface area (Å²) in [7, 11) is 0. The molecule has 1 N–H and O–H groups in total. The fourth-order valence-electron chi connectivity index (χ4n) is 2.66. The van der Waals surface area contributed by atoms with Crippen LogP contribution >= 0.6 is 0 Å². The Hall–Kier alpha value is -3.47. The maximum absolute atomic E-state index is 12.9. The Balaban J connectivity index is 1.54. The maximum atomic E-state index is 12.9. The molecule has 26 heavy (non-hydrogen) atoms. The molecule has 0 aliphatic rings. The molecule has 0 saturated carbocycles. The lowest BCUT2D eigenvalue weighted by molar-refractivity contribution is 0.102. The summed E-state index contributed by atoms with van der Waals surface area (Å²) < 4.78 is 18.7. The Morgan fingerprint density at radius 3 is 2.46 bits per heavy atom. The summed E-state index contributed by atoms with van der Waals surface area (Å²) in [5.74, 6) is -0.142. The van der Waals surface area contributed by atoms with Gasteiger partial charge in [0, 0.05) is 16.8 Å². The monoisotopic (exact) mass is 346 g/mol. The van der Waals surface area contributed by atoms with Crippen molar-refractivity contribution in [1.82, 2.24) is 4.98 Å². The number of hydrogen-bond donors (Lipinski definition) is 1. The zero-order valence-corrected chi connectivity index (χ0v) is 14.0. The largest absolute Gasteiger partial charge is 0.436 e. The standard InChI is InChI=1S/C21H15FN2O2/c1-13-2-11-18-19(12-13)26-21(24-18)15-5-9-17(10-6-15)23-20(25)14-3-7-16(22)8-4-14/h2-12H,1H3,(H,23,25). The summed E-state index contributed by atoms with van der Waals surface area (Å²) in [6.07, 6.45) is 0. The van der Waals surface area contributed by atoms with Crippen molar-refractivity contribution in [1.29, 1.82) is 0 Å². The van der Waals surface area contributed by atoms with Crippen molar-refractivity contribution in [2.24, 2.45) is 0 Å². The van der Waals surface area contributed by atoms with Crippen molar-refractivity contribution in [3.8, 4) is 11.5 Å². The molecule has 0 spiro atoms. The molecule has 0 aliphatic heterocycles. The smallest absolute Gasteiger partial charge is 0.255 e. The van der Waals surface area contributed by atoms with E-state index in [9.17, 15) is 9.18 Å². The normalized spacial score (nSPS) is 10.8. The fraction of sp³-hybridized carbons (Fsp3) is 0.0476. The zero-order chi connectivity index (χ0) is 18.1. The van der Waals surface area contributed by atoms with Gasteiger partial charge in [0.1, 0.15) is 11.3 Å². The Morgan fingerprint density at radius 2 is 1.73 bits per heavy atom. The lowest BCUT2D eigenvalue weighted by Crippen LogP contribution is -2.11. The van der Waals surface area contributed by atoms with Crippen molar-refractivity contribution in [3.63, 3.8) is 0 Å². The van der Waals surface area contributed by atoms with Gasteiger partial charge in [0.05, 0.1) is 0 Å². The molecule has 4 nitrogen and oxygen atoms in total. The summed E-state index contributed by atoms with van der Waals surface area (Å²) in [4.78, 5) is 16.6. The van der Waals surface area contributed by atoms with Gasteiger partial charge < -0.3 is 9.73 Å². The molecule has 128 valence electrons. The molecule has 4 rings (SSSR count). The van der Waals surface area contributed by atoms with Crippen LogP contribution in [0.3, 0.4) is 0 Å². The van der Waals surface area contributed by atoms with Crippen LogP contribution < -0.4 is 5.32 Å². The molecule has 0 bridgehead atoms. The van der Waals surface area contributed by atoms with Gasteiger partial charge in [-0.3, -0.25) is 4.79 Å². The van der Waals surface area contributed by atoms with Crippen molar-refractivity contribution in [2.45, 2.75) is 6.92 Å². The molecular weight excluding hydrogens is 331 g/mol. The minimum absolute atomic E-state index is 0.296. The number of oxazole rings is 1. The molecular formula is C21H15FN2O2. The van der Waals surface area contributed by atoms with Crippen LogP contribution in [0.5, 0.6) is 0 Å². The van der Waals surface area contributed by atoms with Crippen LogP contribution in [0.2, 0.25) is 0 Å². The zero-order valence-electron chi connectivity index (χ0n) is 14.0. The van der Waals surface area contributed by atoms with E-state index in [1.165, 1.54) is 24.3 Å². The second-order valence-electron chi connectivity index (χ2n) is 6.03. The molecule has 0 fully saturated rings. The van der Waals surface area contributed by atoms with Crippen molar-refractivity contribution in [2.75, 3.05) is 5.32 Å². The molecule has 0 atom stereocenters. The van der Waals surface area contributed by atoms with E-state index >= 15 is 0 Å². The number of rotatable bonds is 3. The quantitative estimate of drug-likeness (QED) is 0.555. The Labute approximate surface area is 149 Å². The molecule has 1 heterocycles. The molecule has 0 aliphatic carbocycles. The van der Waals surface area contributed by atoms with Crippen LogP contribution in [0.25, 0.3) is 22.6 Å². The summed E-state index contributed by atoms with van der Waals surface area (Å²) in [5, 5.41) is 2.78. The molecule has 0 saturated heterocycles. The van der Waals surface area contributed by atoms with Crippen LogP contribution in [0.1, 0.15) is 15.9 Å². The van der Waals surface area contributed by atoms with Gasteiger partial charge in [-0.2, -0.15) is 0 Å². The number of carbonyl (C=O) groups excluding carboxylic acids is 1. The average Bonchev–Trinajstić information content (AvgIpc) is 3.06. The number of fused-ring (bicyclic) bond motifs is 1. The third kappa shape index (κ3) is 3.19. The Morgan fingerprint density at radius 1 is 1.00 bits per heavy atom. The number of halogens is 1. The van der Waals surface area contributed by atoms with E-state index in [0.717, 1.165) is 22.2 Å². The van der Waals surface area contributed by atoms with E-state index in [1.54, 1.807) is 12.1 Å². The van der Waals surface area contributed by atoms with Gasteiger partial charge in [-0.25, -0.2) is 9.37 Å². The molecule has 0 unspecified atom stereocenters. The van der Waals surface area contributed by atoms with Gasteiger partial charge in [-0.15, -0.1) is 0 Å². The first-order valence-corrected chi connectivity index (χ1v) is 8.13. The fourth-order valence-corrected chi connectivity index (χ4v) is 2.66. The Kier molecular flexibility index (Phi) is 3.97.